The van der Waals surface area contributed by atoms with Crippen LogP contribution in [0.3, 0.4) is 0 Å². The molecule has 2 aromatic carbocycles. The molecule has 10 heteroatoms. The third-order valence-corrected chi connectivity index (χ3v) is 5.53. The lowest BCUT2D eigenvalue weighted by atomic mass is 9.86. The van der Waals surface area contributed by atoms with Crippen molar-refractivity contribution >= 4 is 34.3 Å². The fourth-order valence-corrected chi connectivity index (χ4v) is 3.63. The summed E-state index contributed by atoms with van der Waals surface area (Å²) in [5, 5.41) is 29.2. The first-order chi connectivity index (χ1) is 16.0. The minimum Gasteiger partial charge on any atom is -0.394 e. The first kappa shape index (κ1) is 25.6. The molecule has 3 rings (SSSR count). The van der Waals surface area contributed by atoms with Crippen molar-refractivity contribution < 1.29 is 24.2 Å². The molecular weight excluding hydrogens is 463 g/mol. The highest BCUT2D eigenvalue weighted by Gasteiger charge is 2.34. The highest BCUT2D eigenvalue weighted by molar-refractivity contribution is 6.31. The van der Waals surface area contributed by atoms with Crippen LogP contribution in [-0.4, -0.2) is 57.1 Å². The van der Waals surface area contributed by atoms with Gasteiger partial charge >= 0.3 is 0 Å². The molecule has 182 valence electrons. The molecule has 0 fully saturated rings. The molecule has 3 aromatic rings. The van der Waals surface area contributed by atoms with Crippen LogP contribution in [0.5, 0.6) is 0 Å². The van der Waals surface area contributed by atoms with Crippen molar-refractivity contribution in [3.05, 3.63) is 64.6 Å². The molecule has 0 aliphatic rings. The smallest absolute Gasteiger partial charge is 0.273 e. The van der Waals surface area contributed by atoms with Gasteiger partial charge in [-0.1, -0.05) is 44.5 Å². The summed E-state index contributed by atoms with van der Waals surface area (Å²) in [6.07, 6.45) is -1.10. The van der Waals surface area contributed by atoms with Gasteiger partial charge in [0.05, 0.1) is 24.8 Å². The predicted molar refractivity (Wildman–Crippen MR) is 127 cm³/mol. The van der Waals surface area contributed by atoms with Gasteiger partial charge in [0.25, 0.3) is 5.91 Å². The van der Waals surface area contributed by atoms with Crippen molar-refractivity contribution in [2.75, 3.05) is 13.2 Å². The van der Waals surface area contributed by atoms with Crippen LogP contribution in [0.1, 0.15) is 36.8 Å². The standard InChI is InChI=1S/C24H28ClFN4O4/c1-24(2,3)21(23(34)27-11-17(32)13-31)28-22(33)20-18-10-15(25)6-9-19(18)30(29-20)12-14-4-7-16(26)8-5-14/h4-10,17,21,31-32H,11-13H2,1-3H3,(H,27,34)(H,28,33)/t17-,21-/m1/s1. The number of aromatic nitrogens is 2. The number of rotatable bonds is 8. The zero-order valence-electron chi connectivity index (χ0n) is 19.2. The highest BCUT2D eigenvalue weighted by atomic mass is 35.5. The van der Waals surface area contributed by atoms with Gasteiger partial charge < -0.3 is 20.8 Å². The number of fused-ring (bicyclic) bond motifs is 1. The maximum atomic E-state index is 13.3. The van der Waals surface area contributed by atoms with E-state index in [1.54, 1.807) is 55.8 Å². The topological polar surface area (TPSA) is 116 Å². The van der Waals surface area contributed by atoms with Crippen LogP contribution >= 0.6 is 11.6 Å². The minimum atomic E-state index is -1.10. The van der Waals surface area contributed by atoms with Gasteiger partial charge in [-0.05, 0) is 41.3 Å². The van der Waals surface area contributed by atoms with Gasteiger partial charge in [0.2, 0.25) is 5.91 Å². The highest BCUT2D eigenvalue weighted by Crippen LogP contribution is 2.25. The summed E-state index contributed by atoms with van der Waals surface area (Å²) in [7, 11) is 0. The van der Waals surface area contributed by atoms with Crippen LogP contribution in [0, 0.1) is 11.2 Å². The predicted octanol–water partition coefficient (Wildman–Crippen LogP) is 2.49. The third-order valence-electron chi connectivity index (χ3n) is 5.30. The molecule has 2 amide bonds. The largest absolute Gasteiger partial charge is 0.394 e. The van der Waals surface area contributed by atoms with E-state index in [1.165, 1.54) is 12.1 Å². The van der Waals surface area contributed by atoms with E-state index in [9.17, 15) is 19.1 Å². The normalized spacial score (nSPS) is 13.5. The first-order valence-electron chi connectivity index (χ1n) is 10.8. The van der Waals surface area contributed by atoms with Crippen molar-refractivity contribution in [3.8, 4) is 0 Å². The molecule has 8 nitrogen and oxygen atoms in total. The molecule has 0 saturated heterocycles. The third kappa shape index (κ3) is 6.11. The Kier molecular flexibility index (Phi) is 7.91. The number of hydrogen-bond donors (Lipinski definition) is 4. The van der Waals surface area contributed by atoms with Crippen molar-refractivity contribution in [1.29, 1.82) is 0 Å². The lowest BCUT2D eigenvalue weighted by Gasteiger charge is -2.30. The Hall–Kier alpha value is -3.01. The Balaban J connectivity index is 1.91. The van der Waals surface area contributed by atoms with Gasteiger partial charge in [0.1, 0.15) is 11.9 Å². The summed E-state index contributed by atoms with van der Waals surface area (Å²) in [6, 6.07) is 10.1. The van der Waals surface area contributed by atoms with Crippen LogP contribution in [0.25, 0.3) is 10.9 Å². The number of carbonyl (C=O) groups is 2. The summed E-state index contributed by atoms with van der Waals surface area (Å²) < 4.78 is 14.9. The Morgan fingerprint density at radius 2 is 1.85 bits per heavy atom. The number of amides is 2. The van der Waals surface area contributed by atoms with E-state index in [4.69, 9.17) is 16.7 Å². The van der Waals surface area contributed by atoms with E-state index in [1.807, 2.05) is 0 Å². The zero-order valence-corrected chi connectivity index (χ0v) is 19.9. The first-order valence-corrected chi connectivity index (χ1v) is 11.2. The molecule has 0 bridgehead atoms. The van der Waals surface area contributed by atoms with Gasteiger partial charge in [-0.25, -0.2) is 4.39 Å². The molecule has 34 heavy (non-hydrogen) atoms. The maximum Gasteiger partial charge on any atom is 0.273 e. The summed E-state index contributed by atoms with van der Waals surface area (Å²) >= 11 is 6.18. The van der Waals surface area contributed by atoms with Crippen LogP contribution in [0.2, 0.25) is 5.02 Å². The Morgan fingerprint density at radius 3 is 2.47 bits per heavy atom. The number of aliphatic hydroxyl groups is 2. The van der Waals surface area contributed by atoms with Crippen molar-refractivity contribution in [3.63, 3.8) is 0 Å². The summed E-state index contributed by atoms with van der Waals surface area (Å²) in [6.45, 7) is 5.04. The van der Waals surface area contributed by atoms with Crippen LogP contribution in [0.15, 0.2) is 42.5 Å². The number of halogens is 2. The molecule has 0 unspecified atom stereocenters. The Bertz CT molecular complexity index is 1170. The molecule has 2 atom stereocenters. The van der Waals surface area contributed by atoms with Crippen LogP contribution in [-0.2, 0) is 11.3 Å². The van der Waals surface area contributed by atoms with Gasteiger partial charge in [0, 0.05) is 17.0 Å². The molecule has 0 aliphatic carbocycles. The molecule has 0 aliphatic heterocycles. The van der Waals surface area contributed by atoms with E-state index >= 15 is 0 Å². The molecule has 0 radical (unpaired) electrons. The fourth-order valence-electron chi connectivity index (χ4n) is 3.46. The quantitative estimate of drug-likeness (QED) is 0.387. The molecule has 0 spiro atoms. The number of carbonyl (C=O) groups excluding carboxylic acids is 2. The van der Waals surface area contributed by atoms with E-state index in [-0.39, 0.29) is 18.1 Å². The zero-order chi connectivity index (χ0) is 25.0. The Morgan fingerprint density at radius 1 is 1.18 bits per heavy atom. The molecular formula is C24H28ClFN4O4. The number of nitrogens with zero attached hydrogens (tertiary/aromatic N) is 2. The summed E-state index contributed by atoms with van der Waals surface area (Å²) in [5.41, 5.74) is 0.884. The van der Waals surface area contributed by atoms with Gasteiger partial charge in [-0.2, -0.15) is 5.10 Å². The van der Waals surface area contributed by atoms with Crippen LogP contribution < -0.4 is 10.6 Å². The van der Waals surface area contributed by atoms with Gasteiger partial charge in [-0.15, -0.1) is 0 Å². The molecule has 4 N–H and O–H groups in total. The molecule has 1 aromatic heterocycles. The van der Waals surface area contributed by atoms with E-state index < -0.39 is 36.0 Å². The minimum absolute atomic E-state index is 0.0945. The van der Waals surface area contributed by atoms with E-state index in [0.717, 1.165) is 5.56 Å². The van der Waals surface area contributed by atoms with Crippen molar-refractivity contribution in [2.24, 2.45) is 5.41 Å². The lowest BCUT2D eigenvalue weighted by Crippen LogP contribution is -2.54. The van der Waals surface area contributed by atoms with Crippen LogP contribution in [0.4, 0.5) is 4.39 Å². The van der Waals surface area contributed by atoms with Crippen molar-refractivity contribution in [2.45, 2.75) is 39.5 Å². The molecule has 0 saturated carbocycles. The summed E-state index contributed by atoms with van der Waals surface area (Å²) in [4.78, 5) is 26.1. The monoisotopic (exact) mass is 490 g/mol. The molecule has 1 heterocycles. The fraction of sp³-hybridized carbons (Fsp3) is 0.375. The van der Waals surface area contributed by atoms with E-state index in [2.05, 4.69) is 15.7 Å². The van der Waals surface area contributed by atoms with E-state index in [0.29, 0.717) is 22.5 Å². The van der Waals surface area contributed by atoms with Crippen molar-refractivity contribution in [1.82, 2.24) is 20.4 Å². The van der Waals surface area contributed by atoms with Gasteiger partial charge in [0.15, 0.2) is 5.69 Å². The lowest BCUT2D eigenvalue weighted by molar-refractivity contribution is -0.125. The second kappa shape index (κ2) is 10.5. The maximum absolute atomic E-state index is 13.3. The average Bonchev–Trinajstić information content (AvgIpc) is 3.13. The second-order valence-electron chi connectivity index (χ2n) is 9.15. The summed E-state index contributed by atoms with van der Waals surface area (Å²) in [5.74, 6) is -1.41. The SMILES string of the molecule is CC(C)(C)[C@H](NC(=O)c1nn(Cc2ccc(F)cc2)c2ccc(Cl)cc12)C(=O)NC[C@@H](O)CO. The Labute approximate surface area is 201 Å². The van der Waals surface area contributed by atoms with Gasteiger partial charge in [-0.3, -0.25) is 14.3 Å². The average molecular weight is 491 g/mol. The number of benzene rings is 2. The number of aliphatic hydroxyl groups excluding tert-OH is 2. The number of nitrogens with one attached hydrogen (secondary N) is 2. The number of hydrogen-bond acceptors (Lipinski definition) is 5. The second-order valence-corrected chi connectivity index (χ2v) is 9.58.